The number of hydrogen-bond acceptors (Lipinski definition) is 6. The van der Waals surface area contributed by atoms with Gasteiger partial charge >= 0.3 is 6.03 Å². The Hall–Kier alpha value is -3.75. The van der Waals surface area contributed by atoms with Gasteiger partial charge in [-0.1, -0.05) is 26.0 Å². The van der Waals surface area contributed by atoms with Gasteiger partial charge in [-0.2, -0.15) is 0 Å². The van der Waals surface area contributed by atoms with Crippen LogP contribution >= 0.6 is 0 Å². The highest BCUT2D eigenvalue weighted by atomic mass is 16.5. The predicted octanol–water partition coefficient (Wildman–Crippen LogP) is 3.86. The highest BCUT2D eigenvalue weighted by molar-refractivity contribution is 5.91. The first-order valence-corrected chi connectivity index (χ1v) is 11.9. The van der Waals surface area contributed by atoms with Crippen LogP contribution in [0.5, 0.6) is 11.5 Å². The van der Waals surface area contributed by atoms with E-state index in [1.54, 1.807) is 32.4 Å². The Kier molecular flexibility index (Phi) is 7.43. The summed E-state index contributed by atoms with van der Waals surface area (Å²) in [5.74, 6) is 1.99. The van der Waals surface area contributed by atoms with Gasteiger partial charge in [-0.05, 0) is 43.0 Å². The molecule has 2 aromatic carbocycles. The van der Waals surface area contributed by atoms with Crippen molar-refractivity contribution in [2.24, 2.45) is 5.92 Å². The van der Waals surface area contributed by atoms with Crippen molar-refractivity contribution in [1.82, 2.24) is 14.9 Å². The van der Waals surface area contributed by atoms with Crippen LogP contribution < -0.4 is 30.6 Å². The molecule has 186 valence electrons. The second-order valence-electron chi connectivity index (χ2n) is 9.16. The normalized spacial score (nSPS) is 14.3. The van der Waals surface area contributed by atoms with Gasteiger partial charge in [-0.3, -0.25) is 4.79 Å². The minimum absolute atomic E-state index is 0.00570. The Bertz CT molecular complexity index is 1250. The van der Waals surface area contributed by atoms with Crippen LogP contribution in [0, 0.1) is 5.92 Å². The average molecular weight is 480 g/mol. The van der Waals surface area contributed by atoms with Crippen molar-refractivity contribution in [3.05, 3.63) is 52.8 Å². The molecule has 2 amide bonds. The minimum Gasteiger partial charge on any atom is -0.497 e. The van der Waals surface area contributed by atoms with E-state index in [4.69, 9.17) is 14.5 Å². The molecule has 9 heteroatoms. The van der Waals surface area contributed by atoms with E-state index >= 15 is 0 Å². The number of para-hydroxylation sites is 2. The van der Waals surface area contributed by atoms with Crippen molar-refractivity contribution in [3.8, 4) is 11.5 Å². The fraction of sp³-hybridized carbons (Fsp3) is 0.423. The minimum atomic E-state index is -0.296. The molecule has 2 heterocycles. The molecule has 2 N–H and O–H groups in total. The number of aromatic nitrogens is 2. The van der Waals surface area contributed by atoms with Crippen molar-refractivity contribution >= 4 is 28.6 Å². The van der Waals surface area contributed by atoms with Crippen LogP contribution in [0.2, 0.25) is 0 Å². The van der Waals surface area contributed by atoms with Gasteiger partial charge in [0.1, 0.15) is 11.5 Å². The van der Waals surface area contributed by atoms with Gasteiger partial charge in [0.25, 0.3) is 5.56 Å². The molecule has 0 radical (unpaired) electrons. The zero-order valence-corrected chi connectivity index (χ0v) is 20.7. The lowest BCUT2D eigenvalue weighted by Gasteiger charge is -2.33. The number of hydrogen-bond donors (Lipinski definition) is 2. The Morgan fingerprint density at radius 3 is 2.54 bits per heavy atom. The predicted molar refractivity (Wildman–Crippen MR) is 138 cm³/mol. The van der Waals surface area contributed by atoms with Crippen LogP contribution in [0.4, 0.5) is 16.3 Å². The van der Waals surface area contributed by atoms with Crippen LogP contribution in [0.15, 0.2) is 47.3 Å². The summed E-state index contributed by atoms with van der Waals surface area (Å²) in [6.45, 7) is 6.12. The van der Waals surface area contributed by atoms with Crippen molar-refractivity contribution < 1.29 is 14.3 Å². The van der Waals surface area contributed by atoms with Gasteiger partial charge in [0.2, 0.25) is 0 Å². The average Bonchev–Trinajstić information content (AvgIpc) is 2.86. The molecule has 3 aromatic rings. The third-order valence-corrected chi connectivity index (χ3v) is 6.17. The molecule has 1 aliphatic heterocycles. The molecule has 0 saturated carbocycles. The van der Waals surface area contributed by atoms with Gasteiger partial charge in [0.15, 0.2) is 5.82 Å². The molecule has 0 bridgehead atoms. The molecule has 1 fully saturated rings. The van der Waals surface area contributed by atoms with Crippen LogP contribution in [-0.4, -0.2) is 48.9 Å². The molecule has 1 aromatic heterocycles. The molecule has 0 atom stereocenters. The van der Waals surface area contributed by atoms with E-state index in [1.165, 1.54) is 0 Å². The number of nitrogens with one attached hydrogen (secondary N) is 2. The van der Waals surface area contributed by atoms with Crippen molar-refractivity contribution in [2.45, 2.75) is 39.3 Å². The van der Waals surface area contributed by atoms with E-state index in [0.717, 1.165) is 11.0 Å². The molecule has 0 spiro atoms. The number of benzene rings is 2. The summed E-state index contributed by atoms with van der Waals surface area (Å²) >= 11 is 0. The SMILES string of the molecule is COc1ccc(NC(=O)NC2CCN(c3nc4ccccc4n(CC(C)C)c3=O)CC2)c(OC)c1. The maximum Gasteiger partial charge on any atom is 0.319 e. The fourth-order valence-electron chi connectivity index (χ4n) is 4.41. The summed E-state index contributed by atoms with van der Waals surface area (Å²) in [4.78, 5) is 32.7. The van der Waals surface area contributed by atoms with Gasteiger partial charge in [0.05, 0.1) is 30.9 Å². The molecule has 35 heavy (non-hydrogen) atoms. The van der Waals surface area contributed by atoms with E-state index in [-0.39, 0.29) is 17.6 Å². The Balaban J connectivity index is 1.42. The molecule has 0 aliphatic carbocycles. The Morgan fingerprint density at radius 2 is 1.86 bits per heavy atom. The lowest BCUT2D eigenvalue weighted by atomic mass is 10.1. The maximum absolute atomic E-state index is 13.3. The number of urea groups is 1. The molecule has 1 saturated heterocycles. The summed E-state index contributed by atoms with van der Waals surface area (Å²) in [7, 11) is 3.12. The monoisotopic (exact) mass is 479 g/mol. The highest BCUT2D eigenvalue weighted by Gasteiger charge is 2.25. The zero-order valence-electron chi connectivity index (χ0n) is 20.7. The molecular weight excluding hydrogens is 446 g/mol. The van der Waals surface area contributed by atoms with Crippen LogP contribution in [0.1, 0.15) is 26.7 Å². The Labute approximate surface area is 205 Å². The largest absolute Gasteiger partial charge is 0.497 e. The van der Waals surface area contributed by atoms with E-state index in [9.17, 15) is 9.59 Å². The topological polar surface area (TPSA) is 97.7 Å². The molecule has 1 aliphatic rings. The number of methoxy groups -OCH3 is 2. The van der Waals surface area contributed by atoms with Crippen LogP contribution in [0.3, 0.4) is 0 Å². The summed E-state index contributed by atoms with van der Waals surface area (Å²) < 4.78 is 12.4. The number of fused-ring (bicyclic) bond motifs is 1. The van der Waals surface area contributed by atoms with Gasteiger partial charge < -0.3 is 29.6 Å². The highest BCUT2D eigenvalue weighted by Crippen LogP contribution is 2.29. The summed E-state index contributed by atoms with van der Waals surface area (Å²) in [5.41, 5.74) is 2.18. The summed E-state index contributed by atoms with van der Waals surface area (Å²) in [6.07, 6.45) is 1.43. The van der Waals surface area contributed by atoms with E-state index < -0.39 is 0 Å². The summed E-state index contributed by atoms with van der Waals surface area (Å²) in [5, 5.41) is 5.88. The lowest BCUT2D eigenvalue weighted by Crippen LogP contribution is -2.47. The van der Waals surface area contributed by atoms with Crippen molar-refractivity contribution in [1.29, 1.82) is 0 Å². The quantitative estimate of drug-likeness (QED) is 0.534. The number of nitrogens with zero attached hydrogens (tertiary/aromatic N) is 3. The van der Waals surface area contributed by atoms with E-state index in [2.05, 4.69) is 24.5 Å². The number of piperidine rings is 1. The van der Waals surface area contributed by atoms with Gasteiger partial charge in [0, 0.05) is 31.7 Å². The van der Waals surface area contributed by atoms with E-state index in [1.807, 2.05) is 33.7 Å². The van der Waals surface area contributed by atoms with Gasteiger partial charge in [-0.15, -0.1) is 0 Å². The number of ether oxygens (including phenoxy) is 2. The number of rotatable bonds is 7. The number of carbonyl (C=O) groups excluding carboxylic acids is 1. The first kappa shape index (κ1) is 24.4. The number of carbonyl (C=O) groups is 1. The molecule has 9 nitrogen and oxygen atoms in total. The number of amides is 2. The third-order valence-electron chi connectivity index (χ3n) is 6.17. The third kappa shape index (κ3) is 5.50. The molecule has 0 unspecified atom stereocenters. The standard InChI is InChI=1S/C26H33N5O4/c1-17(2)16-31-22-8-6-5-7-20(22)28-24(25(31)32)30-13-11-18(12-14-30)27-26(33)29-21-10-9-19(34-3)15-23(21)35-4/h5-10,15,17-18H,11-14,16H2,1-4H3,(H2,27,29,33). The first-order valence-electron chi connectivity index (χ1n) is 11.9. The molecule has 4 rings (SSSR count). The molecular formula is C26H33N5O4. The van der Waals surface area contributed by atoms with Crippen molar-refractivity contribution in [2.75, 3.05) is 37.5 Å². The maximum atomic E-state index is 13.3. The summed E-state index contributed by atoms with van der Waals surface area (Å²) in [6, 6.07) is 12.7. The fourth-order valence-corrected chi connectivity index (χ4v) is 4.41. The Morgan fingerprint density at radius 1 is 1.11 bits per heavy atom. The van der Waals surface area contributed by atoms with Crippen molar-refractivity contribution in [3.63, 3.8) is 0 Å². The van der Waals surface area contributed by atoms with Crippen LogP contribution in [-0.2, 0) is 6.54 Å². The lowest BCUT2D eigenvalue weighted by molar-refractivity contribution is 0.245. The first-order chi connectivity index (χ1) is 16.9. The second-order valence-corrected chi connectivity index (χ2v) is 9.16. The van der Waals surface area contributed by atoms with E-state index in [0.29, 0.717) is 61.4 Å². The smallest absolute Gasteiger partial charge is 0.319 e. The second kappa shape index (κ2) is 10.7. The zero-order chi connectivity index (χ0) is 24.9. The van der Waals surface area contributed by atoms with Crippen LogP contribution in [0.25, 0.3) is 11.0 Å². The number of anilines is 2. The van der Waals surface area contributed by atoms with Gasteiger partial charge in [-0.25, -0.2) is 9.78 Å².